The number of carbonyl (C=O) groups is 5. The van der Waals surface area contributed by atoms with Crippen LogP contribution < -0.4 is 20.7 Å². The molecule has 47 heavy (non-hydrogen) atoms. The maximum Gasteiger partial charge on any atom is 0.437 e. The molecule has 1 aliphatic heterocycles. The summed E-state index contributed by atoms with van der Waals surface area (Å²) >= 11 is 0. The number of alkyl carbamates (subject to hydrolysis) is 1. The standard InChI is InChI=1S/C33H40N4O10/c1-19(38)34-25-22(35-29(36-30(42)46-32(2,3)4)37-31(43)47-33(5,6)7)18-24(27(39)40)44-26(25)28(41)45-23-16-12-11-15-21(23)17-20-13-9-8-10-14-20/h8-16,18,22,25-26H,17H2,1-7H3,(H,34,38)(H,39,40)(H2,35,36,37,42,43)/t22-,25+,26+/m0/s1. The van der Waals surface area contributed by atoms with Gasteiger partial charge in [-0.25, -0.2) is 19.2 Å². The van der Waals surface area contributed by atoms with Crippen molar-refractivity contribution in [3.8, 4) is 5.75 Å². The lowest BCUT2D eigenvalue weighted by Gasteiger charge is -2.36. The second kappa shape index (κ2) is 15.3. The number of nitrogens with zero attached hydrogens (tertiary/aromatic N) is 1. The van der Waals surface area contributed by atoms with Gasteiger partial charge in [0.15, 0.2) is 0 Å². The minimum absolute atomic E-state index is 0.196. The first-order valence-electron chi connectivity index (χ1n) is 14.7. The van der Waals surface area contributed by atoms with Crippen LogP contribution in [0.25, 0.3) is 0 Å². The average Bonchev–Trinajstić information content (AvgIpc) is 2.92. The Morgan fingerprint density at radius 2 is 1.49 bits per heavy atom. The first-order chi connectivity index (χ1) is 21.9. The monoisotopic (exact) mass is 652 g/mol. The summed E-state index contributed by atoms with van der Waals surface area (Å²) in [6, 6.07) is 13.6. The lowest BCUT2D eigenvalue weighted by atomic mass is 9.97. The third kappa shape index (κ3) is 11.8. The molecule has 0 aliphatic carbocycles. The Morgan fingerprint density at radius 3 is 2.09 bits per heavy atom. The number of nitrogens with one attached hydrogen (secondary N) is 3. The van der Waals surface area contributed by atoms with Crippen molar-refractivity contribution in [3.05, 3.63) is 77.6 Å². The molecule has 4 N–H and O–H groups in total. The van der Waals surface area contributed by atoms with E-state index in [-0.39, 0.29) is 5.75 Å². The number of esters is 1. The van der Waals surface area contributed by atoms with Crippen LogP contribution in [0.5, 0.6) is 5.75 Å². The highest BCUT2D eigenvalue weighted by Gasteiger charge is 2.44. The number of carbonyl (C=O) groups excluding carboxylic acids is 4. The van der Waals surface area contributed by atoms with Crippen LogP contribution in [0.2, 0.25) is 0 Å². The van der Waals surface area contributed by atoms with Crippen molar-refractivity contribution in [2.24, 2.45) is 4.99 Å². The van der Waals surface area contributed by atoms with Crippen LogP contribution >= 0.6 is 0 Å². The average molecular weight is 653 g/mol. The van der Waals surface area contributed by atoms with Crippen molar-refractivity contribution < 1.29 is 48.0 Å². The molecule has 0 bridgehead atoms. The number of ether oxygens (including phenoxy) is 4. The summed E-state index contributed by atoms with van der Waals surface area (Å²) in [6.07, 6.45) is -2.34. The second-order valence-electron chi connectivity index (χ2n) is 12.5. The van der Waals surface area contributed by atoms with Crippen molar-refractivity contribution in [1.29, 1.82) is 0 Å². The molecule has 14 nitrogen and oxygen atoms in total. The predicted octanol–water partition coefficient (Wildman–Crippen LogP) is 3.83. The van der Waals surface area contributed by atoms with Crippen LogP contribution in [0.1, 0.15) is 59.6 Å². The van der Waals surface area contributed by atoms with Crippen LogP contribution in [0.4, 0.5) is 9.59 Å². The van der Waals surface area contributed by atoms with Crippen LogP contribution in [-0.2, 0) is 35.0 Å². The fraction of sp³-hybridized carbons (Fsp3) is 0.394. The van der Waals surface area contributed by atoms with Gasteiger partial charge in [0, 0.05) is 13.3 Å². The predicted molar refractivity (Wildman–Crippen MR) is 169 cm³/mol. The molecule has 14 heteroatoms. The fourth-order valence-corrected chi connectivity index (χ4v) is 4.31. The van der Waals surface area contributed by atoms with E-state index < -0.39 is 71.1 Å². The Morgan fingerprint density at radius 1 is 0.872 bits per heavy atom. The molecule has 2 aromatic rings. The maximum atomic E-state index is 13.7. The Hall–Kier alpha value is -5.40. The van der Waals surface area contributed by atoms with E-state index in [1.54, 1.807) is 65.8 Å². The minimum Gasteiger partial charge on any atom is -0.475 e. The Bertz CT molecular complexity index is 1540. The van der Waals surface area contributed by atoms with Crippen LogP contribution in [0, 0.1) is 0 Å². The molecule has 0 fully saturated rings. The third-order valence-corrected chi connectivity index (χ3v) is 6.05. The van der Waals surface area contributed by atoms with Gasteiger partial charge in [0.1, 0.15) is 23.0 Å². The lowest BCUT2D eigenvalue weighted by Crippen LogP contribution is -2.63. The van der Waals surface area contributed by atoms with E-state index in [0.717, 1.165) is 11.6 Å². The number of hydrogen-bond acceptors (Lipinski definition) is 9. The highest BCUT2D eigenvalue weighted by molar-refractivity contribution is 5.99. The number of carboxylic acid groups (broad SMARTS) is 1. The van der Waals surface area contributed by atoms with Crippen molar-refractivity contribution in [2.75, 3.05) is 0 Å². The molecular formula is C33H40N4O10. The van der Waals surface area contributed by atoms with Crippen molar-refractivity contribution in [2.45, 2.75) is 84.3 Å². The molecule has 0 aromatic heterocycles. The van der Waals surface area contributed by atoms with E-state index in [9.17, 15) is 29.1 Å². The summed E-state index contributed by atoms with van der Waals surface area (Å²) in [4.78, 5) is 67.2. The normalized spacial score (nSPS) is 18.1. The van der Waals surface area contributed by atoms with E-state index in [4.69, 9.17) is 18.9 Å². The Kier molecular flexibility index (Phi) is 11.7. The van der Waals surface area contributed by atoms with Crippen LogP contribution in [0.15, 0.2) is 71.4 Å². The van der Waals surface area contributed by atoms with Gasteiger partial charge in [-0.3, -0.25) is 10.1 Å². The summed E-state index contributed by atoms with van der Waals surface area (Å²) < 4.78 is 21.8. The highest BCUT2D eigenvalue weighted by atomic mass is 16.6. The Balaban J connectivity index is 1.99. The van der Waals surface area contributed by atoms with E-state index in [1.165, 1.54) is 6.92 Å². The van der Waals surface area contributed by atoms with Gasteiger partial charge in [-0.2, -0.15) is 0 Å². The molecule has 3 rings (SSSR count). The molecule has 3 amide bonds. The van der Waals surface area contributed by atoms with Crippen molar-refractivity contribution in [3.63, 3.8) is 0 Å². The molecule has 1 heterocycles. The van der Waals surface area contributed by atoms with E-state index in [1.807, 2.05) is 30.3 Å². The number of carboxylic acids is 1. The van der Waals surface area contributed by atoms with E-state index >= 15 is 0 Å². The quantitative estimate of drug-likeness (QED) is 0.147. The number of aliphatic carboxylic acids is 1. The van der Waals surface area contributed by atoms with E-state index in [2.05, 4.69) is 20.9 Å². The molecule has 0 spiro atoms. The van der Waals surface area contributed by atoms with Gasteiger partial charge in [0.25, 0.3) is 0 Å². The fourth-order valence-electron chi connectivity index (χ4n) is 4.31. The largest absolute Gasteiger partial charge is 0.475 e. The number of rotatable bonds is 7. The SMILES string of the molecule is CC(=O)N[C@@H]1[C@@H](NC(=NC(=O)OC(C)(C)C)NC(=O)OC(C)(C)C)C=C(C(=O)O)O[C@H]1C(=O)Oc1ccccc1Cc1ccccc1. The third-order valence-electron chi connectivity index (χ3n) is 6.05. The first-order valence-corrected chi connectivity index (χ1v) is 14.7. The Labute approximate surface area is 272 Å². The van der Waals surface area contributed by atoms with Gasteiger partial charge in [-0.05, 0) is 64.8 Å². The van der Waals surface area contributed by atoms with Gasteiger partial charge in [-0.1, -0.05) is 48.5 Å². The van der Waals surface area contributed by atoms with Gasteiger partial charge in [0.2, 0.25) is 23.7 Å². The summed E-state index contributed by atoms with van der Waals surface area (Å²) in [5.74, 6) is -4.15. The van der Waals surface area contributed by atoms with Gasteiger partial charge in [0.05, 0.1) is 6.04 Å². The molecule has 0 saturated heterocycles. The summed E-state index contributed by atoms with van der Waals surface area (Å²) in [5, 5.41) is 17.4. The molecular weight excluding hydrogens is 612 g/mol. The van der Waals surface area contributed by atoms with Crippen molar-refractivity contribution in [1.82, 2.24) is 16.0 Å². The summed E-state index contributed by atoms with van der Waals surface area (Å²) in [6.45, 7) is 10.9. The number of amides is 3. The number of benzene rings is 2. The zero-order chi connectivity index (χ0) is 34.9. The van der Waals surface area contributed by atoms with Gasteiger partial charge >= 0.3 is 24.1 Å². The molecule has 2 aromatic carbocycles. The number of hydrogen-bond donors (Lipinski definition) is 4. The zero-order valence-corrected chi connectivity index (χ0v) is 27.3. The van der Waals surface area contributed by atoms with Crippen molar-refractivity contribution >= 4 is 36.0 Å². The molecule has 3 atom stereocenters. The lowest BCUT2D eigenvalue weighted by molar-refractivity contribution is -0.152. The van der Waals surface area contributed by atoms with E-state index in [0.29, 0.717) is 12.0 Å². The van der Waals surface area contributed by atoms with Crippen LogP contribution in [0.3, 0.4) is 0 Å². The van der Waals surface area contributed by atoms with Gasteiger partial charge in [-0.15, -0.1) is 4.99 Å². The number of guanidine groups is 1. The summed E-state index contributed by atoms with van der Waals surface area (Å²) in [7, 11) is 0. The first kappa shape index (κ1) is 36.1. The number of aliphatic imine (C=N–C) groups is 1. The molecule has 0 radical (unpaired) electrons. The zero-order valence-electron chi connectivity index (χ0n) is 27.3. The topological polar surface area (TPSA) is 191 Å². The maximum absolute atomic E-state index is 13.7. The second-order valence-corrected chi connectivity index (χ2v) is 12.5. The summed E-state index contributed by atoms with van der Waals surface area (Å²) in [5.41, 5.74) is -0.260. The molecule has 1 aliphatic rings. The molecule has 0 unspecified atom stereocenters. The smallest absolute Gasteiger partial charge is 0.437 e. The van der Waals surface area contributed by atoms with Gasteiger partial charge < -0.3 is 34.7 Å². The van der Waals surface area contributed by atoms with Crippen LogP contribution in [-0.4, -0.2) is 70.5 Å². The molecule has 252 valence electrons. The minimum atomic E-state index is -1.71. The number of para-hydroxylation sites is 1. The molecule has 0 saturated carbocycles. The highest BCUT2D eigenvalue weighted by Crippen LogP contribution is 2.25.